The molecule has 9 nitrogen and oxygen atoms in total. The lowest BCUT2D eigenvalue weighted by Crippen LogP contribution is -2.27. The van der Waals surface area contributed by atoms with Gasteiger partial charge in [-0.05, 0) is 13.0 Å². The molecule has 0 spiro atoms. The summed E-state index contributed by atoms with van der Waals surface area (Å²) in [7, 11) is 0. The molecule has 9 heteroatoms. The van der Waals surface area contributed by atoms with E-state index < -0.39 is 0 Å². The zero-order valence-corrected chi connectivity index (χ0v) is 10.3. The Hall–Kier alpha value is -2.55. The lowest BCUT2D eigenvalue weighted by atomic mass is 10.3. The minimum absolute atomic E-state index is 0.196. The Bertz CT molecular complexity index is 555. The minimum atomic E-state index is -0.318. The summed E-state index contributed by atoms with van der Waals surface area (Å²) in [6.07, 6.45) is 1.77. The number of carbonyl (C=O) groups excluding carboxylic acids is 1. The first kappa shape index (κ1) is 12.9. The van der Waals surface area contributed by atoms with Gasteiger partial charge in [0, 0.05) is 18.7 Å². The standard InChI is InChI=1S/C10H13N7O2/c1-6-4-7(16-10(15-6)17-11)9(18)12-3-2-8-13-5-14-19-8/h4-5H,2-3,11H2,1H3,(H,12,18)(H,15,16,17). The summed E-state index contributed by atoms with van der Waals surface area (Å²) in [5, 5.41) is 6.16. The average molecular weight is 263 g/mol. The Morgan fingerprint density at radius 3 is 3.00 bits per heavy atom. The van der Waals surface area contributed by atoms with Crippen molar-refractivity contribution in [2.24, 2.45) is 5.84 Å². The van der Waals surface area contributed by atoms with Crippen LogP contribution >= 0.6 is 0 Å². The average Bonchev–Trinajstić information content (AvgIpc) is 2.91. The molecule has 0 unspecified atom stereocenters. The van der Waals surface area contributed by atoms with Crippen molar-refractivity contribution in [3.63, 3.8) is 0 Å². The first-order valence-corrected chi connectivity index (χ1v) is 5.55. The van der Waals surface area contributed by atoms with E-state index in [2.05, 4.69) is 30.9 Å². The van der Waals surface area contributed by atoms with Crippen molar-refractivity contribution in [3.8, 4) is 0 Å². The molecule has 0 aromatic carbocycles. The number of nitrogens with zero attached hydrogens (tertiary/aromatic N) is 4. The van der Waals surface area contributed by atoms with E-state index in [1.807, 2.05) is 0 Å². The van der Waals surface area contributed by atoms with Crippen molar-refractivity contribution in [3.05, 3.63) is 29.7 Å². The molecule has 2 aromatic heterocycles. The van der Waals surface area contributed by atoms with Crippen LogP contribution in [0, 0.1) is 6.92 Å². The summed E-state index contributed by atoms with van der Waals surface area (Å²) in [4.78, 5) is 23.7. The number of hydrazine groups is 1. The molecule has 0 aliphatic carbocycles. The molecule has 2 heterocycles. The summed E-state index contributed by atoms with van der Waals surface area (Å²) >= 11 is 0. The Morgan fingerprint density at radius 2 is 2.32 bits per heavy atom. The first-order valence-electron chi connectivity index (χ1n) is 5.55. The van der Waals surface area contributed by atoms with E-state index >= 15 is 0 Å². The Labute approximate surface area is 108 Å². The molecular formula is C10H13N7O2. The fourth-order valence-electron chi connectivity index (χ4n) is 1.43. The number of aryl methyl sites for hydroxylation is 1. The molecule has 4 N–H and O–H groups in total. The monoisotopic (exact) mass is 263 g/mol. The predicted molar refractivity (Wildman–Crippen MR) is 64.9 cm³/mol. The number of amides is 1. The molecule has 0 radical (unpaired) electrons. The van der Waals surface area contributed by atoms with Gasteiger partial charge in [-0.25, -0.2) is 15.8 Å². The van der Waals surface area contributed by atoms with E-state index in [1.165, 1.54) is 6.33 Å². The number of nitrogens with two attached hydrogens (primary N) is 1. The van der Waals surface area contributed by atoms with Gasteiger partial charge >= 0.3 is 0 Å². The van der Waals surface area contributed by atoms with Crippen LogP contribution in [0.2, 0.25) is 0 Å². The van der Waals surface area contributed by atoms with E-state index in [9.17, 15) is 4.79 Å². The highest BCUT2D eigenvalue weighted by atomic mass is 16.5. The lowest BCUT2D eigenvalue weighted by Gasteiger charge is -2.05. The lowest BCUT2D eigenvalue weighted by molar-refractivity contribution is 0.0948. The predicted octanol–water partition coefficient (Wildman–Crippen LogP) is -0.574. The summed E-state index contributed by atoms with van der Waals surface area (Å²) in [6, 6.07) is 1.57. The van der Waals surface area contributed by atoms with Gasteiger partial charge < -0.3 is 9.84 Å². The van der Waals surface area contributed by atoms with Crippen LogP contribution in [0.25, 0.3) is 0 Å². The van der Waals surface area contributed by atoms with E-state index in [0.717, 1.165) is 0 Å². The number of nitrogen functional groups attached to an aromatic ring is 1. The molecule has 0 aliphatic rings. The zero-order valence-electron chi connectivity index (χ0n) is 10.3. The van der Waals surface area contributed by atoms with Crippen LogP contribution in [0.15, 0.2) is 16.9 Å². The fourth-order valence-corrected chi connectivity index (χ4v) is 1.43. The van der Waals surface area contributed by atoms with Gasteiger partial charge in [0.1, 0.15) is 5.69 Å². The maximum Gasteiger partial charge on any atom is 0.270 e. The van der Waals surface area contributed by atoms with Gasteiger partial charge in [-0.2, -0.15) is 4.98 Å². The SMILES string of the molecule is Cc1cc(C(=O)NCCc2ncno2)nc(NN)n1. The third-order valence-corrected chi connectivity index (χ3v) is 2.25. The number of nitrogens with one attached hydrogen (secondary N) is 2. The zero-order chi connectivity index (χ0) is 13.7. The first-order chi connectivity index (χ1) is 9.19. The third kappa shape index (κ3) is 3.45. The summed E-state index contributed by atoms with van der Waals surface area (Å²) < 4.78 is 4.81. The number of aromatic nitrogens is 4. The highest BCUT2D eigenvalue weighted by molar-refractivity contribution is 5.92. The van der Waals surface area contributed by atoms with Gasteiger partial charge in [-0.3, -0.25) is 10.2 Å². The topological polar surface area (TPSA) is 132 Å². The molecule has 2 aromatic rings. The van der Waals surface area contributed by atoms with Crippen LogP contribution in [0.5, 0.6) is 0 Å². The molecule has 100 valence electrons. The molecule has 0 saturated carbocycles. The highest BCUT2D eigenvalue weighted by Gasteiger charge is 2.10. The molecule has 2 rings (SSSR count). The van der Waals surface area contributed by atoms with Gasteiger partial charge in [0.15, 0.2) is 6.33 Å². The van der Waals surface area contributed by atoms with Crippen molar-refractivity contribution >= 4 is 11.9 Å². The number of hydrogen-bond acceptors (Lipinski definition) is 8. The maximum atomic E-state index is 11.9. The molecule has 0 atom stereocenters. The molecule has 0 bridgehead atoms. The van der Waals surface area contributed by atoms with Crippen LogP contribution in [0.1, 0.15) is 22.1 Å². The van der Waals surface area contributed by atoms with Crippen molar-refractivity contribution in [2.75, 3.05) is 12.0 Å². The van der Waals surface area contributed by atoms with E-state index in [4.69, 9.17) is 10.4 Å². The molecule has 0 saturated heterocycles. The van der Waals surface area contributed by atoms with E-state index in [-0.39, 0.29) is 17.5 Å². The Balaban J connectivity index is 1.94. The number of hydrogen-bond donors (Lipinski definition) is 3. The number of rotatable bonds is 5. The number of carbonyl (C=O) groups is 1. The second-order valence-corrected chi connectivity index (χ2v) is 3.70. The van der Waals surface area contributed by atoms with Crippen molar-refractivity contribution in [1.82, 2.24) is 25.4 Å². The van der Waals surface area contributed by atoms with Gasteiger partial charge in [-0.1, -0.05) is 5.16 Å². The van der Waals surface area contributed by atoms with E-state index in [1.54, 1.807) is 13.0 Å². The fraction of sp³-hybridized carbons (Fsp3) is 0.300. The molecule has 0 aliphatic heterocycles. The molecular weight excluding hydrogens is 250 g/mol. The van der Waals surface area contributed by atoms with Crippen LogP contribution in [-0.2, 0) is 6.42 Å². The maximum absolute atomic E-state index is 11.9. The third-order valence-electron chi connectivity index (χ3n) is 2.25. The van der Waals surface area contributed by atoms with Crippen LogP contribution in [0.4, 0.5) is 5.95 Å². The smallest absolute Gasteiger partial charge is 0.270 e. The normalized spacial score (nSPS) is 10.2. The van der Waals surface area contributed by atoms with E-state index in [0.29, 0.717) is 24.6 Å². The minimum Gasteiger partial charge on any atom is -0.350 e. The quantitative estimate of drug-likeness (QED) is 0.482. The van der Waals surface area contributed by atoms with Crippen LogP contribution < -0.4 is 16.6 Å². The Morgan fingerprint density at radius 1 is 1.47 bits per heavy atom. The second kappa shape index (κ2) is 5.87. The Kier molecular flexibility index (Phi) is 3.98. The van der Waals surface area contributed by atoms with Crippen molar-refractivity contribution in [2.45, 2.75) is 13.3 Å². The second-order valence-electron chi connectivity index (χ2n) is 3.70. The molecule has 0 fully saturated rings. The van der Waals surface area contributed by atoms with Gasteiger partial charge in [0.25, 0.3) is 5.91 Å². The highest BCUT2D eigenvalue weighted by Crippen LogP contribution is 2.03. The van der Waals surface area contributed by atoms with Gasteiger partial charge in [0.05, 0.1) is 0 Å². The number of anilines is 1. The van der Waals surface area contributed by atoms with Gasteiger partial charge in [0.2, 0.25) is 11.8 Å². The van der Waals surface area contributed by atoms with Crippen molar-refractivity contribution in [1.29, 1.82) is 0 Å². The molecule has 1 amide bonds. The van der Waals surface area contributed by atoms with Crippen molar-refractivity contribution < 1.29 is 9.32 Å². The summed E-state index contributed by atoms with van der Waals surface area (Å²) in [5.41, 5.74) is 3.19. The molecule has 19 heavy (non-hydrogen) atoms. The van der Waals surface area contributed by atoms with Crippen LogP contribution in [-0.4, -0.2) is 32.6 Å². The van der Waals surface area contributed by atoms with Gasteiger partial charge in [-0.15, -0.1) is 0 Å². The largest absolute Gasteiger partial charge is 0.350 e. The summed E-state index contributed by atoms with van der Waals surface area (Å²) in [6.45, 7) is 2.12. The summed E-state index contributed by atoms with van der Waals surface area (Å²) in [5.74, 6) is 5.56. The van der Waals surface area contributed by atoms with Crippen LogP contribution in [0.3, 0.4) is 0 Å².